The van der Waals surface area contributed by atoms with Crippen molar-refractivity contribution in [2.75, 3.05) is 10.6 Å². The second-order valence-corrected chi connectivity index (χ2v) is 9.26. The number of amides is 1. The van der Waals surface area contributed by atoms with Gasteiger partial charge in [0.05, 0.1) is 23.9 Å². The molecule has 0 fully saturated rings. The lowest BCUT2D eigenvalue weighted by atomic mass is 9.96. The summed E-state index contributed by atoms with van der Waals surface area (Å²) >= 11 is 0. The van der Waals surface area contributed by atoms with Crippen molar-refractivity contribution in [1.29, 1.82) is 0 Å². The molecule has 2 rings (SSSR count). The van der Waals surface area contributed by atoms with Gasteiger partial charge in [-0.2, -0.15) is 0 Å². The number of anilines is 3. The van der Waals surface area contributed by atoms with Crippen LogP contribution < -0.4 is 16.4 Å². The molecule has 4 N–H and O–H groups in total. The molecule has 2 aromatic heterocycles. The van der Waals surface area contributed by atoms with Gasteiger partial charge in [0.2, 0.25) is 0 Å². The summed E-state index contributed by atoms with van der Waals surface area (Å²) in [6.07, 6.45) is 2.39. The smallest absolute Gasteiger partial charge is 0.306 e. The van der Waals surface area contributed by atoms with Gasteiger partial charge in [-0.05, 0) is 64.7 Å². The number of rotatable bonds is 9. The molecular weight excluding hydrogens is 425 g/mol. The first-order valence-corrected chi connectivity index (χ1v) is 11.0. The molecule has 0 bridgehead atoms. The van der Waals surface area contributed by atoms with Crippen LogP contribution in [0.3, 0.4) is 0 Å². The number of primary amides is 1. The molecule has 33 heavy (non-hydrogen) atoms. The summed E-state index contributed by atoms with van der Waals surface area (Å²) < 4.78 is 20.2. The summed E-state index contributed by atoms with van der Waals surface area (Å²) in [6.45, 7) is 13.0. The minimum Gasteiger partial charge on any atom is -0.460 e. The number of carbonyl (C=O) groups is 2. The maximum Gasteiger partial charge on any atom is 0.306 e. The Hall–Kier alpha value is -3.23. The van der Waals surface area contributed by atoms with Crippen LogP contribution in [0.5, 0.6) is 0 Å². The summed E-state index contributed by atoms with van der Waals surface area (Å²) in [6, 6.07) is 2.65. The van der Waals surface area contributed by atoms with Gasteiger partial charge in [-0.1, -0.05) is 13.8 Å². The van der Waals surface area contributed by atoms with E-state index in [4.69, 9.17) is 10.5 Å². The Morgan fingerprint density at radius 3 is 2.42 bits per heavy atom. The molecule has 180 valence electrons. The van der Waals surface area contributed by atoms with Gasteiger partial charge >= 0.3 is 5.97 Å². The first-order chi connectivity index (χ1) is 15.3. The topological polar surface area (TPSA) is 119 Å². The molecule has 2 atom stereocenters. The van der Waals surface area contributed by atoms with Gasteiger partial charge in [0, 0.05) is 11.7 Å². The Kier molecular flexibility index (Phi) is 8.35. The fourth-order valence-electron chi connectivity index (χ4n) is 3.33. The number of ether oxygens (including phenoxy) is 1. The highest BCUT2D eigenvalue weighted by molar-refractivity contribution is 5.98. The third-order valence-corrected chi connectivity index (χ3v) is 5.20. The Balaban J connectivity index is 2.29. The third kappa shape index (κ3) is 7.40. The van der Waals surface area contributed by atoms with Crippen LogP contribution in [-0.2, 0) is 9.53 Å². The minimum absolute atomic E-state index is 0.0396. The lowest BCUT2D eigenvalue weighted by Gasteiger charge is -2.26. The highest BCUT2D eigenvalue weighted by atomic mass is 19.1. The predicted molar refractivity (Wildman–Crippen MR) is 127 cm³/mol. The molecule has 8 nitrogen and oxygen atoms in total. The molecule has 0 aliphatic heterocycles. The number of pyridine rings is 2. The second-order valence-electron chi connectivity index (χ2n) is 9.26. The van der Waals surface area contributed by atoms with Crippen molar-refractivity contribution in [1.82, 2.24) is 9.97 Å². The summed E-state index contributed by atoms with van der Waals surface area (Å²) in [4.78, 5) is 32.7. The van der Waals surface area contributed by atoms with Crippen molar-refractivity contribution in [3.63, 3.8) is 0 Å². The van der Waals surface area contributed by atoms with E-state index in [0.29, 0.717) is 12.1 Å². The zero-order valence-electron chi connectivity index (χ0n) is 20.4. The number of hydrogen-bond acceptors (Lipinski definition) is 7. The predicted octanol–water partition coefficient (Wildman–Crippen LogP) is 4.63. The number of nitrogens with two attached hydrogens (primary N) is 1. The molecule has 2 aromatic rings. The molecule has 0 unspecified atom stereocenters. The van der Waals surface area contributed by atoms with Crippen molar-refractivity contribution < 1.29 is 18.7 Å². The van der Waals surface area contributed by atoms with Crippen LogP contribution in [0.15, 0.2) is 18.3 Å². The van der Waals surface area contributed by atoms with Crippen LogP contribution in [0.1, 0.15) is 69.1 Å². The Labute approximate surface area is 194 Å². The van der Waals surface area contributed by atoms with Crippen molar-refractivity contribution >= 4 is 29.2 Å². The fraction of sp³-hybridized carbons (Fsp3) is 0.500. The van der Waals surface area contributed by atoms with Gasteiger partial charge in [0.1, 0.15) is 11.4 Å². The van der Waals surface area contributed by atoms with Gasteiger partial charge < -0.3 is 21.1 Å². The molecule has 0 radical (unpaired) electrons. The van der Waals surface area contributed by atoms with E-state index in [1.54, 1.807) is 6.20 Å². The van der Waals surface area contributed by atoms with E-state index in [0.717, 1.165) is 17.3 Å². The van der Waals surface area contributed by atoms with Crippen LogP contribution in [0, 0.1) is 25.6 Å². The Morgan fingerprint density at radius 1 is 1.21 bits per heavy atom. The van der Waals surface area contributed by atoms with Crippen LogP contribution >= 0.6 is 0 Å². The van der Waals surface area contributed by atoms with E-state index in [-0.39, 0.29) is 41.5 Å². The minimum atomic E-state index is -0.808. The lowest BCUT2D eigenvalue weighted by molar-refractivity contribution is -0.155. The highest BCUT2D eigenvalue weighted by Crippen LogP contribution is 2.26. The average molecular weight is 460 g/mol. The fourth-order valence-corrected chi connectivity index (χ4v) is 3.33. The van der Waals surface area contributed by atoms with Crippen LogP contribution in [0.25, 0.3) is 0 Å². The largest absolute Gasteiger partial charge is 0.460 e. The quantitative estimate of drug-likeness (QED) is 0.468. The molecule has 0 aliphatic carbocycles. The maximum atomic E-state index is 14.8. The SMILES string of the molecule is CC[C@@H](Nc1nc(Nc2cnc(C)c(C)c2)c(C(N)=O)cc1F)[C@H](C)CC(=O)OC(C)(C)C. The van der Waals surface area contributed by atoms with Gasteiger partial charge in [0.15, 0.2) is 11.6 Å². The van der Waals surface area contributed by atoms with Crippen molar-refractivity contribution in [2.45, 2.75) is 73.0 Å². The highest BCUT2D eigenvalue weighted by Gasteiger charge is 2.25. The van der Waals surface area contributed by atoms with Crippen LogP contribution in [0.4, 0.5) is 21.7 Å². The van der Waals surface area contributed by atoms with Crippen molar-refractivity contribution in [3.8, 4) is 0 Å². The maximum absolute atomic E-state index is 14.8. The van der Waals surface area contributed by atoms with E-state index >= 15 is 0 Å². The summed E-state index contributed by atoms with van der Waals surface area (Å²) in [7, 11) is 0. The van der Waals surface area contributed by atoms with Crippen LogP contribution in [-0.4, -0.2) is 33.5 Å². The lowest BCUT2D eigenvalue weighted by Crippen LogP contribution is -2.32. The van der Waals surface area contributed by atoms with Gasteiger partial charge in [-0.25, -0.2) is 9.37 Å². The van der Waals surface area contributed by atoms with E-state index in [9.17, 15) is 14.0 Å². The standard InChI is InChI=1S/C24H34FN5O3/c1-8-19(14(3)10-20(31)33-24(5,6)7)29-23-18(25)11-17(21(26)32)22(30-23)28-16-9-13(2)15(4)27-12-16/h9,11-12,14,19H,8,10H2,1-7H3,(H2,26,32)(H2,28,29,30)/t14-,19-/m1/s1. The Morgan fingerprint density at radius 2 is 1.88 bits per heavy atom. The van der Waals surface area contributed by atoms with E-state index < -0.39 is 17.3 Å². The average Bonchev–Trinajstić information content (AvgIpc) is 2.68. The van der Waals surface area contributed by atoms with Crippen molar-refractivity contribution in [3.05, 3.63) is 41.0 Å². The monoisotopic (exact) mass is 459 g/mol. The Bertz CT molecular complexity index is 1020. The molecule has 0 spiro atoms. The zero-order chi connectivity index (χ0) is 24.9. The van der Waals surface area contributed by atoms with E-state index in [1.807, 2.05) is 54.5 Å². The molecule has 0 saturated carbocycles. The number of esters is 1. The third-order valence-electron chi connectivity index (χ3n) is 5.20. The number of carbonyl (C=O) groups excluding carboxylic acids is 2. The number of halogens is 1. The van der Waals surface area contributed by atoms with Gasteiger partial charge in [-0.15, -0.1) is 0 Å². The first-order valence-electron chi connectivity index (χ1n) is 11.0. The molecular formula is C24H34FN5O3. The molecule has 0 saturated heterocycles. The van der Waals surface area contributed by atoms with Gasteiger partial charge in [0.25, 0.3) is 5.91 Å². The normalized spacial score (nSPS) is 13.2. The molecule has 2 heterocycles. The molecule has 1 amide bonds. The number of hydrogen-bond donors (Lipinski definition) is 3. The molecule has 0 aromatic carbocycles. The zero-order valence-corrected chi connectivity index (χ0v) is 20.4. The summed E-state index contributed by atoms with van der Waals surface area (Å²) in [5.41, 5.74) is 7.21. The molecule has 9 heteroatoms. The van der Waals surface area contributed by atoms with E-state index in [2.05, 4.69) is 20.6 Å². The van der Waals surface area contributed by atoms with Crippen LogP contribution in [0.2, 0.25) is 0 Å². The first kappa shape index (κ1) is 26.0. The molecule has 0 aliphatic rings. The van der Waals surface area contributed by atoms with Crippen molar-refractivity contribution in [2.24, 2.45) is 11.7 Å². The number of aryl methyl sites for hydroxylation is 2. The number of aromatic nitrogens is 2. The summed E-state index contributed by atoms with van der Waals surface area (Å²) in [5, 5.41) is 6.09. The number of nitrogens with one attached hydrogen (secondary N) is 2. The number of nitrogens with zero attached hydrogens (tertiary/aromatic N) is 2. The summed E-state index contributed by atoms with van der Waals surface area (Å²) in [5.74, 6) is -1.92. The second kappa shape index (κ2) is 10.6. The van der Waals surface area contributed by atoms with E-state index in [1.165, 1.54) is 0 Å². The van der Waals surface area contributed by atoms with Gasteiger partial charge in [-0.3, -0.25) is 14.6 Å².